The van der Waals surface area contributed by atoms with Gasteiger partial charge in [0.15, 0.2) is 0 Å². The molecule has 4 heteroatoms. The van der Waals surface area contributed by atoms with Gasteiger partial charge in [0, 0.05) is 19.6 Å². The summed E-state index contributed by atoms with van der Waals surface area (Å²) in [6, 6.07) is 0. The van der Waals surface area contributed by atoms with E-state index >= 15 is 0 Å². The third-order valence-electron chi connectivity index (χ3n) is 2.68. The Bertz CT molecular complexity index is 228. The highest BCUT2D eigenvalue weighted by atomic mass is 16.4. The summed E-state index contributed by atoms with van der Waals surface area (Å²) in [6.45, 7) is 13.0. The number of carboxylic acid groups (broad SMARTS) is 1. The summed E-state index contributed by atoms with van der Waals surface area (Å²) in [4.78, 5) is 13.2. The second kappa shape index (κ2) is 6.97. The molecular weight excluding hydrogens is 216 g/mol. The van der Waals surface area contributed by atoms with Crippen molar-refractivity contribution in [2.45, 2.75) is 46.6 Å². The lowest BCUT2D eigenvalue weighted by molar-refractivity contribution is -0.143. The van der Waals surface area contributed by atoms with Crippen molar-refractivity contribution in [2.24, 2.45) is 17.6 Å². The number of hydrogen-bond acceptors (Lipinski definition) is 3. The molecule has 0 spiro atoms. The van der Waals surface area contributed by atoms with Crippen molar-refractivity contribution in [1.82, 2.24) is 4.90 Å². The second-order valence-electron chi connectivity index (χ2n) is 6.02. The summed E-state index contributed by atoms with van der Waals surface area (Å²) in [7, 11) is 0. The van der Waals surface area contributed by atoms with Crippen molar-refractivity contribution < 1.29 is 9.90 Å². The monoisotopic (exact) mass is 244 g/mol. The molecule has 0 aliphatic rings. The van der Waals surface area contributed by atoms with E-state index in [1.54, 1.807) is 6.92 Å². The Morgan fingerprint density at radius 2 is 1.65 bits per heavy atom. The zero-order valence-electron chi connectivity index (χ0n) is 11.9. The van der Waals surface area contributed by atoms with E-state index in [0.29, 0.717) is 18.3 Å². The summed E-state index contributed by atoms with van der Waals surface area (Å²) in [5, 5.41) is 8.97. The fourth-order valence-corrected chi connectivity index (χ4v) is 1.79. The SMILES string of the molecule is CC(C)CN(CCC(C)(N)C(=O)O)CC(C)C. The maximum absolute atomic E-state index is 10.9. The fourth-order valence-electron chi connectivity index (χ4n) is 1.79. The van der Waals surface area contributed by atoms with E-state index in [-0.39, 0.29) is 0 Å². The highest BCUT2D eigenvalue weighted by molar-refractivity contribution is 5.77. The predicted octanol–water partition coefficient (Wildman–Crippen LogP) is 1.79. The van der Waals surface area contributed by atoms with Crippen LogP contribution in [0.4, 0.5) is 0 Å². The number of aliphatic carboxylic acids is 1. The van der Waals surface area contributed by atoms with Gasteiger partial charge in [-0.3, -0.25) is 4.79 Å². The van der Waals surface area contributed by atoms with E-state index in [0.717, 1.165) is 19.6 Å². The largest absolute Gasteiger partial charge is 0.480 e. The Hall–Kier alpha value is -0.610. The lowest BCUT2D eigenvalue weighted by Crippen LogP contribution is -2.48. The maximum atomic E-state index is 10.9. The smallest absolute Gasteiger partial charge is 0.323 e. The third kappa shape index (κ3) is 7.34. The van der Waals surface area contributed by atoms with Gasteiger partial charge < -0.3 is 15.7 Å². The fraction of sp³-hybridized carbons (Fsp3) is 0.923. The number of hydrogen-bond donors (Lipinski definition) is 2. The highest BCUT2D eigenvalue weighted by Crippen LogP contribution is 2.10. The molecule has 0 bridgehead atoms. The lowest BCUT2D eigenvalue weighted by Gasteiger charge is -2.29. The Morgan fingerprint density at radius 1 is 1.24 bits per heavy atom. The van der Waals surface area contributed by atoms with Gasteiger partial charge in [-0.15, -0.1) is 0 Å². The van der Waals surface area contributed by atoms with Gasteiger partial charge in [-0.2, -0.15) is 0 Å². The number of nitrogens with zero attached hydrogens (tertiary/aromatic N) is 1. The van der Waals surface area contributed by atoms with Crippen LogP contribution in [0, 0.1) is 11.8 Å². The summed E-state index contributed by atoms with van der Waals surface area (Å²) in [5.74, 6) is 0.247. The van der Waals surface area contributed by atoms with Crippen LogP contribution in [-0.4, -0.2) is 41.1 Å². The molecule has 0 saturated carbocycles. The summed E-state index contributed by atoms with van der Waals surface area (Å²) >= 11 is 0. The van der Waals surface area contributed by atoms with Crippen LogP contribution in [0.1, 0.15) is 41.0 Å². The van der Waals surface area contributed by atoms with Gasteiger partial charge in [0.1, 0.15) is 5.54 Å². The maximum Gasteiger partial charge on any atom is 0.323 e. The molecule has 0 heterocycles. The van der Waals surface area contributed by atoms with Crippen LogP contribution in [0.3, 0.4) is 0 Å². The van der Waals surface area contributed by atoms with Crippen molar-refractivity contribution in [2.75, 3.05) is 19.6 Å². The second-order valence-corrected chi connectivity index (χ2v) is 6.02. The van der Waals surface area contributed by atoms with Crippen molar-refractivity contribution in [3.8, 4) is 0 Å². The van der Waals surface area contributed by atoms with E-state index in [2.05, 4.69) is 32.6 Å². The third-order valence-corrected chi connectivity index (χ3v) is 2.68. The molecule has 0 rings (SSSR count). The first kappa shape index (κ1) is 16.4. The molecule has 17 heavy (non-hydrogen) atoms. The lowest BCUT2D eigenvalue weighted by atomic mass is 9.99. The van der Waals surface area contributed by atoms with Gasteiger partial charge in [0.05, 0.1) is 0 Å². The molecule has 0 radical (unpaired) electrons. The molecule has 0 aromatic rings. The van der Waals surface area contributed by atoms with Crippen LogP contribution < -0.4 is 5.73 Å². The molecule has 4 nitrogen and oxygen atoms in total. The highest BCUT2D eigenvalue weighted by Gasteiger charge is 2.28. The molecule has 0 aromatic heterocycles. The first-order valence-corrected chi connectivity index (χ1v) is 6.39. The zero-order chi connectivity index (χ0) is 13.6. The topological polar surface area (TPSA) is 66.6 Å². The van der Waals surface area contributed by atoms with Crippen molar-refractivity contribution >= 4 is 5.97 Å². The van der Waals surface area contributed by atoms with Gasteiger partial charge >= 0.3 is 5.97 Å². The van der Waals surface area contributed by atoms with Gasteiger partial charge in [-0.05, 0) is 25.2 Å². The number of carboxylic acids is 1. The van der Waals surface area contributed by atoms with Crippen LogP contribution >= 0.6 is 0 Å². The van der Waals surface area contributed by atoms with Gasteiger partial charge in [0.2, 0.25) is 0 Å². The molecule has 0 aliphatic carbocycles. The van der Waals surface area contributed by atoms with Crippen LogP contribution in [0.5, 0.6) is 0 Å². The minimum absolute atomic E-state index is 0.488. The zero-order valence-corrected chi connectivity index (χ0v) is 11.9. The molecule has 0 amide bonds. The van der Waals surface area contributed by atoms with E-state index in [1.807, 2.05) is 0 Å². The van der Waals surface area contributed by atoms with Crippen molar-refractivity contribution in [1.29, 1.82) is 0 Å². The average Bonchev–Trinajstić information content (AvgIpc) is 2.12. The molecule has 0 aromatic carbocycles. The van der Waals surface area contributed by atoms with Crippen LogP contribution in [0.25, 0.3) is 0 Å². The number of rotatable bonds is 8. The molecule has 3 N–H and O–H groups in total. The Labute approximate surface area is 105 Å². The predicted molar refractivity (Wildman–Crippen MR) is 71.0 cm³/mol. The quantitative estimate of drug-likeness (QED) is 0.683. The first-order valence-electron chi connectivity index (χ1n) is 6.39. The van der Waals surface area contributed by atoms with E-state index in [9.17, 15) is 4.79 Å². The van der Waals surface area contributed by atoms with Crippen LogP contribution in [0.15, 0.2) is 0 Å². The minimum Gasteiger partial charge on any atom is -0.480 e. The number of carbonyl (C=O) groups is 1. The molecular formula is C13H28N2O2. The summed E-state index contributed by atoms with van der Waals surface area (Å²) < 4.78 is 0. The summed E-state index contributed by atoms with van der Waals surface area (Å²) in [5.41, 5.74) is 4.62. The van der Waals surface area contributed by atoms with Crippen LogP contribution in [-0.2, 0) is 4.79 Å². The Balaban J connectivity index is 4.29. The minimum atomic E-state index is -1.12. The van der Waals surface area contributed by atoms with Crippen molar-refractivity contribution in [3.05, 3.63) is 0 Å². The van der Waals surface area contributed by atoms with Crippen molar-refractivity contribution in [3.63, 3.8) is 0 Å². The molecule has 1 atom stereocenters. The van der Waals surface area contributed by atoms with Gasteiger partial charge in [0.25, 0.3) is 0 Å². The molecule has 1 unspecified atom stereocenters. The van der Waals surface area contributed by atoms with E-state index in [4.69, 9.17) is 10.8 Å². The van der Waals surface area contributed by atoms with Crippen LogP contribution in [0.2, 0.25) is 0 Å². The average molecular weight is 244 g/mol. The Kier molecular flexibility index (Phi) is 6.72. The normalized spacial score (nSPS) is 15.6. The summed E-state index contributed by atoms with van der Waals surface area (Å²) in [6.07, 6.45) is 0.488. The van der Waals surface area contributed by atoms with Gasteiger partial charge in [-0.25, -0.2) is 0 Å². The van der Waals surface area contributed by atoms with Gasteiger partial charge in [-0.1, -0.05) is 27.7 Å². The standard InChI is InChI=1S/C13H28N2O2/c1-10(2)8-15(9-11(3)4)7-6-13(5,14)12(16)17/h10-11H,6-9,14H2,1-5H3,(H,16,17). The number of nitrogens with two attached hydrogens (primary N) is 1. The molecule has 0 aliphatic heterocycles. The van der Waals surface area contributed by atoms with E-state index < -0.39 is 11.5 Å². The molecule has 102 valence electrons. The first-order chi connectivity index (χ1) is 7.65. The molecule has 0 fully saturated rings. The molecule has 0 saturated heterocycles. The Morgan fingerprint density at radius 3 is 1.94 bits per heavy atom. The van der Waals surface area contributed by atoms with E-state index in [1.165, 1.54) is 0 Å².